The summed E-state index contributed by atoms with van der Waals surface area (Å²) in [6, 6.07) is 0. The zero-order valence-electron chi connectivity index (χ0n) is 15.6. The lowest BCUT2D eigenvalue weighted by molar-refractivity contribution is -0.205. The van der Waals surface area contributed by atoms with Crippen LogP contribution in [0.1, 0.15) is 38.5 Å². The molecule has 5 unspecified atom stereocenters. The molecule has 1 saturated heterocycles. The molecule has 0 spiro atoms. The number of hydrogen-bond acceptors (Lipinski definition) is 11. The van der Waals surface area contributed by atoms with Crippen LogP contribution >= 0.6 is 23.5 Å². The van der Waals surface area contributed by atoms with Crippen LogP contribution in [0.4, 0.5) is 0 Å². The molecular formula is C15H29NO9S3. The summed E-state index contributed by atoms with van der Waals surface area (Å²) in [6.45, 7) is -0.577. The van der Waals surface area contributed by atoms with E-state index in [1.807, 2.05) is 6.26 Å². The molecule has 166 valence electrons. The monoisotopic (exact) mass is 463 g/mol. The molecule has 1 rings (SSSR count). The van der Waals surface area contributed by atoms with Gasteiger partial charge in [0.15, 0.2) is 0 Å². The summed E-state index contributed by atoms with van der Waals surface area (Å²) in [4.78, 5) is 0. The number of oxime groups is 1. The summed E-state index contributed by atoms with van der Waals surface area (Å²) < 4.78 is 39.7. The molecule has 28 heavy (non-hydrogen) atoms. The van der Waals surface area contributed by atoms with Gasteiger partial charge in [0.1, 0.15) is 34.9 Å². The number of unbranched alkanes of at least 4 members (excludes halogenated alkanes) is 4. The second kappa shape index (κ2) is 13.2. The number of hydrogen-bond donors (Lipinski definition) is 5. The summed E-state index contributed by atoms with van der Waals surface area (Å²) >= 11 is 2.59. The predicted molar refractivity (Wildman–Crippen MR) is 108 cm³/mol. The lowest BCUT2D eigenvalue weighted by atomic mass is 10.0. The molecule has 0 bridgehead atoms. The van der Waals surface area contributed by atoms with Gasteiger partial charge < -0.3 is 25.2 Å². The van der Waals surface area contributed by atoms with Gasteiger partial charge in [0.2, 0.25) is 0 Å². The minimum absolute atomic E-state index is 0.131. The maximum atomic E-state index is 10.8. The zero-order chi connectivity index (χ0) is 21.2. The van der Waals surface area contributed by atoms with Crippen molar-refractivity contribution in [2.24, 2.45) is 5.16 Å². The first kappa shape index (κ1) is 25.9. The zero-order valence-corrected chi connectivity index (χ0v) is 18.0. The van der Waals surface area contributed by atoms with Crippen molar-refractivity contribution in [3.63, 3.8) is 0 Å². The van der Waals surface area contributed by atoms with E-state index in [0.717, 1.165) is 43.2 Å². The smallest absolute Gasteiger partial charge is 0.394 e. The van der Waals surface area contributed by atoms with Gasteiger partial charge >= 0.3 is 10.4 Å². The lowest BCUT2D eigenvalue weighted by Gasteiger charge is -2.39. The van der Waals surface area contributed by atoms with E-state index in [2.05, 4.69) is 9.44 Å². The molecule has 0 aromatic heterocycles. The maximum Gasteiger partial charge on any atom is 0.466 e. The highest BCUT2D eigenvalue weighted by Crippen LogP contribution is 2.30. The fourth-order valence-electron chi connectivity index (χ4n) is 2.57. The molecule has 1 fully saturated rings. The Morgan fingerprint density at radius 2 is 1.71 bits per heavy atom. The molecule has 0 radical (unpaired) electrons. The number of rotatable bonds is 12. The van der Waals surface area contributed by atoms with E-state index in [0.29, 0.717) is 12.8 Å². The Bertz CT molecular complexity index is 573. The third-order valence-corrected chi connectivity index (χ3v) is 6.21. The van der Waals surface area contributed by atoms with E-state index in [-0.39, 0.29) is 5.04 Å². The van der Waals surface area contributed by atoms with Gasteiger partial charge in [-0.05, 0) is 31.3 Å². The summed E-state index contributed by atoms with van der Waals surface area (Å²) in [5.41, 5.74) is -1.11. The normalized spacial score (nSPS) is 29.1. The van der Waals surface area contributed by atoms with Crippen molar-refractivity contribution < 1.29 is 42.4 Å². The van der Waals surface area contributed by atoms with Crippen molar-refractivity contribution in [1.82, 2.24) is 0 Å². The van der Waals surface area contributed by atoms with Crippen LogP contribution in [0.5, 0.6) is 0 Å². The standard InChI is InChI=1S/C15H29NO9S3/c1-26-8-6-4-2-3-5-7-11(16-25-28(21,22)23)27-15-14(20)13(19)12(18)10(9-17)24-15/h10,12-15,17-20H,2-9H2,1H3,(H,21,22,23). The summed E-state index contributed by atoms with van der Waals surface area (Å²) in [5.74, 6) is 1.10. The quantitative estimate of drug-likeness (QED) is 0.0891. The second-order valence-corrected chi connectivity index (χ2v) is 9.47. The molecule has 1 heterocycles. The Morgan fingerprint density at radius 1 is 1.07 bits per heavy atom. The molecule has 5 N–H and O–H groups in total. The summed E-state index contributed by atoms with van der Waals surface area (Å²) in [6.07, 6.45) is 1.45. The van der Waals surface area contributed by atoms with E-state index < -0.39 is 46.9 Å². The summed E-state index contributed by atoms with van der Waals surface area (Å²) in [5, 5.41) is 42.5. The van der Waals surface area contributed by atoms with Crippen LogP contribution in [0.3, 0.4) is 0 Å². The molecular weight excluding hydrogens is 434 g/mol. The van der Waals surface area contributed by atoms with Crippen molar-refractivity contribution in [1.29, 1.82) is 0 Å². The molecule has 5 atom stereocenters. The molecule has 0 amide bonds. The molecule has 0 aromatic rings. The average molecular weight is 464 g/mol. The first-order valence-electron chi connectivity index (χ1n) is 8.88. The Morgan fingerprint density at radius 3 is 2.32 bits per heavy atom. The van der Waals surface area contributed by atoms with E-state index in [1.54, 1.807) is 11.8 Å². The van der Waals surface area contributed by atoms with Crippen LogP contribution < -0.4 is 0 Å². The number of ether oxygens (including phenoxy) is 1. The van der Waals surface area contributed by atoms with Crippen LogP contribution in [0.15, 0.2) is 5.16 Å². The van der Waals surface area contributed by atoms with Crippen molar-refractivity contribution >= 4 is 39.0 Å². The van der Waals surface area contributed by atoms with Crippen molar-refractivity contribution in [3.8, 4) is 0 Å². The van der Waals surface area contributed by atoms with Gasteiger partial charge in [0.25, 0.3) is 0 Å². The van der Waals surface area contributed by atoms with Crippen molar-refractivity contribution in [2.45, 2.75) is 68.4 Å². The van der Waals surface area contributed by atoms with Crippen LogP contribution in [0, 0.1) is 0 Å². The van der Waals surface area contributed by atoms with E-state index in [4.69, 9.17) is 9.29 Å². The van der Waals surface area contributed by atoms with Gasteiger partial charge in [-0.2, -0.15) is 20.2 Å². The van der Waals surface area contributed by atoms with Gasteiger partial charge in [0, 0.05) is 0 Å². The average Bonchev–Trinajstić information content (AvgIpc) is 2.64. The Hall–Kier alpha value is -0.120. The molecule has 10 nitrogen and oxygen atoms in total. The number of thioether (sulfide) groups is 2. The Balaban J connectivity index is 2.66. The van der Waals surface area contributed by atoms with Gasteiger partial charge in [-0.3, -0.25) is 4.55 Å². The topological polar surface area (TPSA) is 166 Å². The number of nitrogens with zero attached hydrogens (tertiary/aromatic N) is 1. The van der Waals surface area contributed by atoms with Crippen LogP contribution in [-0.2, 0) is 19.4 Å². The first-order chi connectivity index (χ1) is 13.2. The highest BCUT2D eigenvalue weighted by Gasteiger charge is 2.44. The SMILES string of the molecule is CSCCCCCCCC(=NOS(=O)(=O)O)SC1OC(CO)C(O)C(O)C1O. The number of aliphatic hydroxyl groups is 4. The Kier molecular flexibility index (Phi) is 12.3. The van der Waals surface area contributed by atoms with Crippen LogP contribution in [0.2, 0.25) is 0 Å². The number of aliphatic hydroxyl groups excluding tert-OH is 4. The largest absolute Gasteiger partial charge is 0.466 e. The highest BCUT2D eigenvalue weighted by atomic mass is 32.3. The van der Waals surface area contributed by atoms with Crippen molar-refractivity contribution in [3.05, 3.63) is 0 Å². The Labute approximate surface area is 173 Å². The van der Waals surface area contributed by atoms with Crippen LogP contribution in [0.25, 0.3) is 0 Å². The first-order valence-corrected chi connectivity index (χ1v) is 12.5. The minimum atomic E-state index is -4.79. The minimum Gasteiger partial charge on any atom is -0.394 e. The van der Waals surface area contributed by atoms with Gasteiger partial charge in [-0.1, -0.05) is 36.2 Å². The fraction of sp³-hybridized carbons (Fsp3) is 0.933. The van der Waals surface area contributed by atoms with Gasteiger partial charge in [0.05, 0.1) is 6.61 Å². The molecule has 0 aromatic carbocycles. The van der Waals surface area contributed by atoms with E-state index in [1.165, 1.54) is 0 Å². The highest BCUT2D eigenvalue weighted by molar-refractivity contribution is 8.14. The van der Waals surface area contributed by atoms with Gasteiger partial charge in [-0.15, -0.1) is 0 Å². The molecule has 0 saturated carbocycles. The van der Waals surface area contributed by atoms with E-state index >= 15 is 0 Å². The third-order valence-electron chi connectivity index (χ3n) is 4.07. The molecule has 0 aliphatic carbocycles. The third kappa shape index (κ3) is 9.59. The lowest BCUT2D eigenvalue weighted by Crippen LogP contribution is -2.57. The summed E-state index contributed by atoms with van der Waals surface area (Å²) in [7, 11) is -4.79. The van der Waals surface area contributed by atoms with Crippen LogP contribution in [-0.4, -0.2) is 86.9 Å². The second-order valence-electron chi connectivity index (χ2n) is 6.31. The molecule has 1 aliphatic rings. The molecule has 13 heteroatoms. The van der Waals surface area contributed by atoms with Gasteiger partial charge in [-0.25, -0.2) is 4.28 Å². The maximum absolute atomic E-state index is 10.8. The predicted octanol–water partition coefficient (Wildman–Crippen LogP) is 0.356. The molecule has 1 aliphatic heterocycles. The fourth-order valence-corrected chi connectivity index (χ4v) is 4.40. The van der Waals surface area contributed by atoms with Crippen molar-refractivity contribution in [2.75, 3.05) is 18.6 Å². The van der Waals surface area contributed by atoms with E-state index in [9.17, 15) is 28.8 Å².